The molecule has 3 heteroatoms. The van der Waals surface area contributed by atoms with Crippen molar-refractivity contribution in [2.45, 2.75) is 23.8 Å². The molecule has 15 heavy (non-hydrogen) atoms. The first-order chi connectivity index (χ1) is 7.40. The van der Waals surface area contributed by atoms with Crippen molar-refractivity contribution in [3.8, 4) is 0 Å². The van der Waals surface area contributed by atoms with Gasteiger partial charge in [0.1, 0.15) is 0 Å². The smallest absolute Gasteiger partial charge is 0.0480 e. The highest BCUT2D eigenvalue weighted by atomic mass is 32.2. The summed E-state index contributed by atoms with van der Waals surface area (Å²) in [7, 11) is 2.01. The Labute approximate surface area is 95.8 Å². The third-order valence-corrected chi connectivity index (χ3v) is 3.90. The SMILES string of the molecule is CNCCCC1CSc2ccccc2N1. The molecule has 1 atom stereocenters. The molecule has 2 rings (SSSR count). The number of para-hydroxylation sites is 1. The molecular weight excluding hydrogens is 204 g/mol. The van der Waals surface area contributed by atoms with Crippen LogP contribution in [0.4, 0.5) is 5.69 Å². The fourth-order valence-electron chi connectivity index (χ4n) is 1.84. The van der Waals surface area contributed by atoms with Gasteiger partial charge in [0.25, 0.3) is 0 Å². The second-order valence-electron chi connectivity index (χ2n) is 3.89. The maximum absolute atomic E-state index is 3.61. The number of fused-ring (bicyclic) bond motifs is 1. The van der Waals surface area contributed by atoms with E-state index in [4.69, 9.17) is 0 Å². The lowest BCUT2D eigenvalue weighted by Crippen LogP contribution is -2.26. The van der Waals surface area contributed by atoms with Crippen LogP contribution in [0.2, 0.25) is 0 Å². The number of hydrogen-bond donors (Lipinski definition) is 2. The Hall–Kier alpha value is -0.670. The first-order valence-corrected chi connectivity index (χ1v) is 6.51. The molecule has 1 aliphatic heterocycles. The van der Waals surface area contributed by atoms with E-state index in [9.17, 15) is 0 Å². The van der Waals surface area contributed by atoms with Crippen LogP contribution in [-0.4, -0.2) is 25.4 Å². The van der Waals surface area contributed by atoms with Crippen molar-refractivity contribution in [1.82, 2.24) is 5.32 Å². The van der Waals surface area contributed by atoms with Gasteiger partial charge in [-0.1, -0.05) is 12.1 Å². The van der Waals surface area contributed by atoms with E-state index in [2.05, 4.69) is 34.9 Å². The Kier molecular flexibility index (Phi) is 3.92. The molecule has 82 valence electrons. The van der Waals surface area contributed by atoms with Crippen molar-refractivity contribution >= 4 is 17.4 Å². The van der Waals surface area contributed by atoms with Crippen molar-refractivity contribution < 1.29 is 0 Å². The van der Waals surface area contributed by atoms with Crippen molar-refractivity contribution in [2.24, 2.45) is 0 Å². The summed E-state index contributed by atoms with van der Waals surface area (Å²) in [5.74, 6) is 1.20. The molecule has 1 aromatic rings. The molecule has 2 N–H and O–H groups in total. The lowest BCUT2D eigenvalue weighted by molar-refractivity contribution is 0.626. The van der Waals surface area contributed by atoms with Gasteiger partial charge >= 0.3 is 0 Å². The Morgan fingerprint density at radius 3 is 3.20 bits per heavy atom. The van der Waals surface area contributed by atoms with Crippen LogP contribution in [0.1, 0.15) is 12.8 Å². The second kappa shape index (κ2) is 5.42. The molecule has 0 bridgehead atoms. The van der Waals surface area contributed by atoms with Crippen LogP contribution in [-0.2, 0) is 0 Å². The predicted octanol–water partition coefficient (Wildman–Crippen LogP) is 2.57. The average Bonchev–Trinajstić information content (AvgIpc) is 2.29. The van der Waals surface area contributed by atoms with Crippen LogP contribution >= 0.6 is 11.8 Å². The van der Waals surface area contributed by atoms with Gasteiger partial charge in [-0.15, -0.1) is 11.8 Å². The Bertz CT molecular complexity index is 314. The first-order valence-electron chi connectivity index (χ1n) is 5.53. The monoisotopic (exact) mass is 222 g/mol. The van der Waals surface area contributed by atoms with E-state index in [1.807, 2.05) is 18.8 Å². The first kappa shape index (κ1) is 10.8. The van der Waals surface area contributed by atoms with Crippen molar-refractivity contribution in [3.63, 3.8) is 0 Å². The van der Waals surface area contributed by atoms with Crippen LogP contribution in [0.3, 0.4) is 0 Å². The molecule has 0 aliphatic carbocycles. The highest BCUT2D eigenvalue weighted by molar-refractivity contribution is 7.99. The van der Waals surface area contributed by atoms with E-state index in [-0.39, 0.29) is 0 Å². The van der Waals surface area contributed by atoms with Gasteiger partial charge in [-0.05, 0) is 38.6 Å². The van der Waals surface area contributed by atoms with Crippen molar-refractivity contribution in [1.29, 1.82) is 0 Å². The quantitative estimate of drug-likeness (QED) is 0.766. The molecule has 1 unspecified atom stereocenters. The fraction of sp³-hybridized carbons (Fsp3) is 0.500. The highest BCUT2D eigenvalue weighted by Gasteiger charge is 2.16. The number of anilines is 1. The molecular formula is C12H18N2S. The van der Waals surface area contributed by atoms with E-state index >= 15 is 0 Å². The third kappa shape index (κ3) is 2.89. The zero-order valence-corrected chi connectivity index (χ0v) is 9.94. The summed E-state index contributed by atoms with van der Waals surface area (Å²) in [6, 6.07) is 9.21. The third-order valence-electron chi connectivity index (χ3n) is 2.67. The predicted molar refractivity (Wildman–Crippen MR) is 67.7 cm³/mol. The summed E-state index contributed by atoms with van der Waals surface area (Å²) >= 11 is 1.97. The van der Waals surface area contributed by atoms with Gasteiger partial charge in [-0.3, -0.25) is 0 Å². The molecule has 0 fully saturated rings. The Balaban J connectivity index is 1.88. The fourth-order valence-corrected chi connectivity index (χ4v) is 2.93. The van der Waals surface area contributed by atoms with Crippen LogP contribution in [0, 0.1) is 0 Å². The van der Waals surface area contributed by atoms with Crippen LogP contribution in [0.15, 0.2) is 29.2 Å². The topological polar surface area (TPSA) is 24.1 Å². The van der Waals surface area contributed by atoms with Gasteiger partial charge in [0, 0.05) is 22.4 Å². The van der Waals surface area contributed by atoms with Crippen molar-refractivity contribution in [3.05, 3.63) is 24.3 Å². The largest absolute Gasteiger partial charge is 0.381 e. The van der Waals surface area contributed by atoms with Crippen LogP contribution < -0.4 is 10.6 Å². The molecule has 0 radical (unpaired) electrons. The summed E-state index contributed by atoms with van der Waals surface area (Å²) < 4.78 is 0. The summed E-state index contributed by atoms with van der Waals surface area (Å²) in [6.07, 6.45) is 2.50. The van der Waals surface area contributed by atoms with Gasteiger partial charge in [-0.2, -0.15) is 0 Å². The van der Waals surface area contributed by atoms with Crippen LogP contribution in [0.25, 0.3) is 0 Å². The maximum Gasteiger partial charge on any atom is 0.0480 e. The normalized spacial score (nSPS) is 19.4. The van der Waals surface area contributed by atoms with Gasteiger partial charge < -0.3 is 10.6 Å². The van der Waals surface area contributed by atoms with E-state index < -0.39 is 0 Å². The molecule has 0 spiro atoms. The minimum Gasteiger partial charge on any atom is -0.381 e. The van der Waals surface area contributed by atoms with E-state index in [1.165, 1.54) is 29.2 Å². The zero-order chi connectivity index (χ0) is 10.5. The number of nitrogens with one attached hydrogen (secondary N) is 2. The van der Waals surface area contributed by atoms with Gasteiger partial charge in [0.05, 0.1) is 0 Å². The average molecular weight is 222 g/mol. The van der Waals surface area contributed by atoms with E-state index in [0.29, 0.717) is 6.04 Å². The highest BCUT2D eigenvalue weighted by Crippen LogP contribution is 2.33. The molecule has 1 heterocycles. The lowest BCUT2D eigenvalue weighted by atomic mass is 10.1. The summed E-state index contributed by atoms with van der Waals surface area (Å²) in [5.41, 5.74) is 1.31. The van der Waals surface area contributed by atoms with Crippen molar-refractivity contribution in [2.75, 3.05) is 24.7 Å². The van der Waals surface area contributed by atoms with Gasteiger partial charge in [0.15, 0.2) is 0 Å². The molecule has 0 aromatic heterocycles. The van der Waals surface area contributed by atoms with Gasteiger partial charge in [0.2, 0.25) is 0 Å². The molecule has 0 saturated carbocycles. The molecule has 0 amide bonds. The number of rotatable bonds is 4. The summed E-state index contributed by atoms with van der Waals surface area (Å²) in [4.78, 5) is 1.39. The second-order valence-corrected chi connectivity index (χ2v) is 4.96. The minimum absolute atomic E-state index is 0.637. The minimum atomic E-state index is 0.637. The Morgan fingerprint density at radius 1 is 1.47 bits per heavy atom. The standard InChI is InChI=1S/C12H18N2S/c1-13-8-4-5-10-9-15-12-7-3-2-6-11(12)14-10/h2-3,6-7,10,13-14H,4-5,8-9H2,1H3. The van der Waals surface area contributed by atoms with Gasteiger partial charge in [-0.25, -0.2) is 0 Å². The lowest BCUT2D eigenvalue weighted by Gasteiger charge is -2.26. The summed E-state index contributed by atoms with van der Waals surface area (Å²) in [6.45, 7) is 1.12. The molecule has 2 nitrogen and oxygen atoms in total. The Morgan fingerprint density at radius 2 is 2.33 bits per heavy atom. The summed E-state index contributed by atoms with van der Waals surface area (Å²) in [5, 5.41) is 6.80. The van der Waals surface area contributed by atoms with E-state index in [0.717, 1.165) is 6.54 Å². The molecule has 1 aromatic carbocycles. The number of thioether (sulfide) groups is 1. The number of hydrogen-bond acceptors (Lipinski definition) is 3. The van der Waals surface area contributed by atoms with Crippen LogP contribution in [0.5, 0.6) is 0 Å². The molecule has 0 saturated heterocycles. The number of benzene rings is 1. The van der Waals surface area contributed by atoms with E-state index in [1.54, 1.807) is 0 Å². The zero-order valence-electron chi connectivity index (χ0n) is 9.12. The molecule has 1 aliphatic rings. The maximum atomic E-state index is 3.61.